The second-order valence-corrected chi connectivity index (χ2v) is 5.71. The number of piperidine rings is 1. The number of imide groups is 1. The first-order chi connectivity index (χ1) is 11.0. The Kier molecular flexibility index (Phi) is 3.99. The smallest absolute Gasteiger partial charge is 0.325 e. The molecular weight excluding hydrogens is 303 g/mol. The molecular formula is C15H17FN4O3. The molecule has 0 radical (unpaired) electrons. The summed E-state index contributed by atoms with van der Waals surface area (Å²) in [6.45, 7) is 0.917. The molecule has 2 saturated heterocycles. The lowest BCUT2D eigenvalue weighted by molar-refractivity contribution is -0.134. The van der Waals surface area contributed by atoms with Gasteiger partial charge in [-0.25, -0.2) is 9.18 Å². The number of nitrogens with one attached hydrogen (secondary N) is 3. The summed E-state index contributed by atoms with van der Waals surface area (Å²) in [4.78, 5) is 37.5. The number of hydrogen-bond donors (Lipinski definition) is 3. The SMILES string of the molecule is O=C(CN1C(=O)NC2(CCNCC2)C1=O)Nc1ccc(F)cc1. The van der Waals surface area contributed by atoms with Crippen molar-refractivity contribution in [3.63, 3.8) is 0 Å². The molecule has 0 saturated carbocycles. The van der Waals surface area contributed by atoms with Crippen molar-refractivity contribution < 1.29 is 18.8 Å². The summed E-state index contributed by atoms with van der Waals surface area (Å²) < 4.78 is 12.8. The highest BCUT2D eigenvalue weighted by molar-refractivity contribution is 6.10. The Morgan fingerprint density at radius 1 is 1.22 bits per heavy atom. The summed E-state index contributed by atoms with van der Waals surface area (Å²) in [6, 6.07) is 4.70. The van der Waals surface area contributed by atoms with Gasteiger partial charge in [-0.05, 0) is 50.2 Å². The fraction of sp³-hybridized carbons (Fsp3) is 0.400. The largest absolute Gasteiger partial charge is 0.325 e. The third-order valence-corrected chi connectivity index (χ3v) is 4.13. The number of amides is 4. The predicted octanol–water partition coefficient (Wildman–Crippen LogP) is 0.438. The summed E-state index contributed by atoms with van der Waals surface area (Å²) in [5, 5.41) is 8.38. The molecule has 2 aliphatic heterocycles. The van der Waals surface area contributed by atoms with Crippen molar-refractivity contribution in [3.8, 4) is 0 Å². The summed E-state index contributed by atoms with van der Waals surface area (Å²) >= 11 is 0. The number of carbonyl (C=O) groups is 3. The van der Waals surface area contributed by atoms with Crippen LogP contribution in [-0.2, 0) is 9.59 Å². The van der Waals surface area contributed by atoms with Gasteiger partial charge < -0.3 is 16.0 Å². The summed E-state index contributed by atoms with van der Waals surface area (Å²) in [5.74, 6) is -1.28. The van der Waals surface area contributed by atoms with E-state index in [1.807, 2.05) is 0 Å². The van der Waals surface area contributed by atoms with Gasteiger partial charge in [0.15, 0.2) is 0 Å². The molecule has 0 aliphatic carbocycles. The zero-order valence-electron chi connectivity index (χ0n) is 12.4. The predicted molar refractivity (Wildman–Crippen MR) is 80.1 cm³/mol. The molecule has 2 heterocycles. The maximum Gasteiger partial charge on any atom is 0.325 e. The van der Waals surface area contributed by atoms with Gasteiger partial charge in [0, 0.05) is 5.69 Å². The fourth-order valence-corrected chi connectivity index (χ4v) is 2.89. The van der Waals surface area contributed by atoms with E-state index in [1.165, 1.54) is 24.3 Å². The first-order valence-corrected chi connectivity index (χ1v) is 7.40. The van der Waals surface area contributed by atoms with Crippen molar-refractivity contribution in [1.82, 2.24) is 15.5 Å². The molecule has 1 aromatic rings. The topological polar surface area (TPSA) is 90.5 Å². The molecule has 122 valence electrons. The van der Waals surface area contributed by atoms with E-state index in [4.69, 9.17) is 0 Å². The van der Waals surface area contributed by atoms with Gasteiger partial charge in [0.2, 0.25) is 5.91 Å². The molecule has 0 aromatic heterocycles. The van der Waals surface area contributed by atoms with Crippen LogP contribution in [0.3, 0.4) is 0 Å². The van der Waals surface area contributed by atoms with Gasteiger partial charge >= 0.3 is 6.03 Å². The molecule has 1 aromatic carbocycles. The molecule has 4 amide bonds. The number of benzene rings is 1. The molecule has 23 heavy (non-hydrogen) atoms. The van der Waals surface area contributed by atoms with Crippen molar-refractivity contribution in [2.24, 2.45) is 0 Å². The van der Waals surface area contributed by atoms with E-state index in [2.05, 4.69) is 16.0 Å². The van der Waals surface area contributed by atoms with Crippen molar-refractivity contribution in [2.45, 2.75) is 18.4 Å². The Balaban J connectivity index is 1.65. The molecule has 0 bridgehead atoms. The molecule has 0 unspecified atom stereocenters. The standard InChI is InChI=1S/C15H17FN4O3/c16-10-1-3-11(4-2-10)18-12(21)9-20-13(22)15(19-14(20)23)5-7-17-8-6-15/h1-4,17H,5-9H2,(H,18,21)(H,19,23). The van der Waals surface area contributed by atoms with E-state index < -0.39 is 23.3 Å². The summed E-state index contributed by atoms with van der Waals surface area (Å²) in [6.07, 6.45) is 1.02. The average molecular weight is 320 g/mol. The Morgan fingerprint density at radius 2 is 1.87 bits per heavy atom. The zero-order chi connectivity index (χ0) is 16.4. The van der Waals surface area contributed by atoms with Crippen LogP contribution in [0.4, 0.5) is 14.9 Å². The van der Waals surface area contributed by atoms with E-state index in [0.29, 0.717) is 31.6 Å². The second-order valence-electron chi connectivity index (χ2n) is 5.71. The van der Waals surface area contributed by atoms with Crippen molar-refractivity contribution in [1.29, 1.82) is 0 Å². The number of urea groups is 1. The first-order valence-electron chi connectivity index (χ1n) is 7.40. The fourth-order valence-electron chi connectivity index (χ4n) is 2.89. The summed E-state index contributed by atoms with van der Waals surface area (Å²) in [5.41, 5.74) is -0.488. The normalized spacial score (nSPS) is 19.8. The number of hydrogen-bond acceptors (Lipinski definition) is 4. The monoisotopic (exact) mass is 320 g/mol. The molecule has 1 spiro atoms. The maximum absolute atomic E-state index is 12.8. The van der Waals surface area contributed by atoms with E-state index in [-0.39, 0.29) is 12.5 Å². The molecule has 3 N–H and O–H groups in total. The minimum atomic E-state index is -0.890. The van der Waals surface area contributed by atoms with Crippen LogP contribution in [0.25, 0.3) is 0 Å². The Labute approximate surface area is 132 Å². The van der Waals surface area contributed by atoms with Gasteiger partial charge in [0.05, 0.1) is 0 Å². The average Bonchev–Trinajstić information content (AvgIpc) is 2.75. The van der Waals surface area contributed by atoms with Crippen molar-refractivity contribution >= 4 is 23.5 Å². The van der Waals surface area contributed by atoms with Crippen LogP contribution in [0, 0.1) is 5.82 Å². The Morgan fingerprint density at radius 3 is 2.52 bits per heavy atom. The van der Waals surface area contributed by atoms with Crippen LogP contribution < -0.4 is 16.0 Å². The lowest BCUT2D eigenvalue weighted by Crippen LogP contribution is -2.54. The van der Waals surface area contributed by atoms with Gasteiger partial charge in [-0.1, -0.05) is 0 Å². The third kappa shape index (κ3) is 3.02. The number of anilines is 1. The van der Waals surface area contributed by atoms with Gasteiger partial charge in [-0.3, -0.25) is 14.5 Å². The number of rotatable bonds is 3. The molecule has 0 atom stereocenters. The van der Waals surface area contributed by atoms with E-state index in [9.17, 15) is 18.8 Å². The van der Waals surface area contributed by atoms with Gasteiger partial charge in [-0.15, -0.1) is 0 Å². The minimum Gasteiger partial charge on any atom is -0.325 e. The lowest BCUT2D eigenvalue weighted by atomic mass is 9.88. The number of carbonyl (C=O) groups excluding carboxylic acids is 3. The highest BCUT2D eigenvalue weighted by Gasteiger charge is 2.51. The van der Waals surface area contributed by atoms with Crippen LogP contribution in [-0.4, -0.2) is 47.9 Å². The van der Waals surface area contributed by atoms with Crippen LogP contribution in [0.2, 0.25) is 0 Å². The van der Waals surface area contributed by atoms with Crippen molar-refractivity contribution in [3.05, 3.63) is 30.1 Å². The number of halogens is 1. The van der Waals surface area contributed by atoms with E-state index >= 15 is 0 Å². The minimum absolute atomic E-state index is 0.363. The lowest BCUT2D eigenvalue weighted by Gasteiger charge is -2.30. The van der Waals surface area contributed by atoms with Crippen molar-refractivity contribution in [2.75, 3.05) is 25.0 Å². The van der Waals surface area contributed by atoms with Gasteiger partial charge in [0.25, 0.3) is 5.91 Å². The van der Waals surface area contributed by atoms with E-state index in [1.54, 1.807) is 0 Å². The maximum atomic E-state index is 12.8. The second kappa shape index (κ2) is 5.96. The number of nitrogens with zero attached hydrogens (tertiary/aromatic N) is 1. The Hall–Kier alpha value is -2.48. The summed E-state index contributed by atoms with van der Waals surface area (Å²) in [7, 11) is 0. The van der Waals surface area contributed by atoms with Crippen LogP contribution in [0.15, 0.2) is 24.3 Å². The highest BCUT2D eigenvalue weighted by atomic mass is 19.1. The quantitative estimate of drug-likeness (QED) is 0.705. The molecule has 2 fully saturated rings. The zero-order valence-corrected chi connectivity index (χ0v) is 12.4. The van der Waals surface area contributed by atoms with Crippen LogP contribution in [0.1, 0.15) is 12.8 Å². The van der Waals surface area contributed by atoms with Gasteiger partial charge in [0.1, 0.15) is 17.9 Å². The Bertz CT molecular complexity index is 641. The molecule has 7 nitrogen and oxygen atoms in total. The van der Waals surface area contributed by atoms with Gasteiger partial charge in [-0.2, -0.15) is 0 Å². The van der Waals surface area contributed by atoms with Crippen LogP contribution in [0.5, 0.6) is 0 Å². The molecule has 8 heteroatoms. The van der Waals surface area contributed by atoms with Crippen LogP contribution >= 0.6 is 0 Å². The first kappa shape index (κ1) is 15.4. The van der Waals surface area contributed by atoms with E-state index in [0.717, 1.165) is 4.90 Å². The highest BCUT2D eigenvalue weighted by Crippen LogP contribution is 2.26. The third-order valence-electron chi connectivity index (χ3n) is 4.13. The molecule has 3 rings (SSSR count). The molecule has 2 aliphatic rings.